The van der Waals surface area contributed by atoms with E-state index in [2.05, 4.69) is 31.6 Å². The maximum atomic E-state index is 12.2. The number of hydrogen-bond acceptors (Lipinski definition) is 9. The summed E-state index contributed by atoms with van der Waals surface area (Å²) in [6, 6.07) is 9.21. The zero-order valence-corrected chi connectivity index (χ0v) is 20.7. The van der Waals surface area contributed by atoms with Gasteiger partial charge in [-0.3, -0.25) is 14.6 Å². The summed E-state index contributed by atoms with van der Waals surface area (Å²) in [7, 11) is 1.70. The number of fused-ring (bicyclic) bond motifs is 2. The molecule has 1 fully saturated rings. The minimum Gasteiger partial charge on any atom is -0.390 e. The van der Waals surface area contributed by atoms with E-state index >= 15 is 0 Å². The maximum absolute atomic E-state index is 12.2. The summed E-state index contributed by atoms with van der Waals surface area (Å²) in [4.78, 5) is 35.9. The van der Waals surface area contributed by atoms with Gasteiger partial charge in [0.25, 0.3) is 5.56 Å². The largest absolute Gasteiger partial charge is 0.390 e. The Morgan fingerprint density at radius 2 is 2.17 bits per heavy atom. The zero-order valence-electron chi connectivity index (χ0n) is 19.9. The molecular formula is C25H27N7O3S. The second kappa shape index (κ2) is 10.4. The highest BCUT2D eigenvalue weighted by atomic mass is 32.2. The highest BCUT2D eigenvalue weighted by molar-refractivity contribution is 8.00. The molecule has 3 N–H and O–H groups in total. The highest BCUT2D eigenvalue weighted by Gasteiger charge is 2.28. The molecule has 11 heteroatoms. The van der Waals surface area contributed by atoms with Crippen LogP contribution in [0.5, 0.6) is 0 Å². The van der Waals surface area contributed by atoms with E-state index in [1.54, 1.807) is 23.9 Å². The van der Waals surface area contributed by atoms with Crippen molar-refractivity contribution >= 4 is 34.5 Å². The van der Waals surface area contributed by atoms with E-state index in [4.69, 9.17) is 0 Å². The molecule has 36 heavy (non-hydrogen) atoms. The SMILES string of the molecule is Cn1c(=O)ccc2ncc(C#N)c(CCN3CC[C@H](NCc4ccc5c(n4)NC(=O)CS5)[C@H](O)C3)c21. The van der Waals surface area contributed by atoms with Crippen LogP contribution >= 0.6 is 11.8 Å². The Morgan fingerprint density at radius 3 is 2.97 bits per heavy atom. The van der Waals surface area contributed by atoms with Gasteiger partial charge in [-0.05, 0) is 43.1 Å². The number of piperidine rings is 1. The van der Waals surface area contributed by atoms with E-state index < -0.39 is 6.10 Å². The quantitative estimate of drug-likeness (QED) is 0.448. The van der Waals surface area contributed by atoms with Crippen molar-refractivity contribution in [1.82, 2.24) is 24.8 Å². The van der Waals surface area contributed by atoms with Gasteiger partial charge in [0, 0.05) is 45.0 Å². The molecule has 0 unspecified atom stereocenters. The van der Waals surface area contributed by atoms with Crippen LogP contribution in [0.3, 0.4) is 0 Å². The van der Waals surface area contributed by atoms with Crippen molar-refractivity contribution < 1.29 is 9.90 Å². The van der Waals surface area contributed by atoms with Crippen LogP contribution in [0, 0.1) is 11.3 Å². The fourth-order valence-corrected chi connectivity index (χ4v) is 5.58. The first-order chi connectivity index (χ1) is 17.4. The van der Waals surface area contributed by atoms with Gasteiger partial charge >= 0.3 is 0 Å². The predicted octanol–water partition coefficient (Wildman–Crippen LogP) is 1.01. The van der Waals surface area contributed by atoms with Gasteiger partial charge in [-0.15, -0.1) is 11.8 Å². The summed E-state index contributed by atoms with van der Waals surface area (Å²) in [5.41, 5.74) is 3.31. The number of nitriles is 1. The van der Waals surface area contributed by atoms with Crippen LogP contribution in [0.15, 0.2) is 40.2 Å². The lowest BCUT2D eigenvalue weighted by Gasteiger charge is -2.36. The number of aromatic nitrogens is 3. The number of pyridine rings is 3. The zero-order chi connectivity index (χ0) is 25.2. The molecule has 3 aromatic rings. The molecule has 0 saturated carbocycles. The molecule has 0 aromatic carbocycles. The molecule has 0 bridgehead atoms. The van der Waals surface area contributed by atoms with E-state index in [1.165, 1.54) is 17.8 Å². The molecule has 186 valence electrons. The number of carbonyl (C=O) groups excluding carboxylic acids is 1. The molecule has 3 aromatic heterocycles. The molecule has 2 atom stereocenters. The van der Waals surface area contributed by atoms with Gasteiger partial charge in [0.15, 0.2) is 0 Å². The topological polar surface area (TPSA) is 136 Å². The number of carbonyl (C=O) groups is 1. The van der Waals surface area contributed by atoms with Crippen molar-refractivity contribution in [3.63, 3.8) is 0 Å². The summed E-state index contributed by atoms with van der Waals surface area (Å²) in [5, 5.41) is 26.6. The average molecular weight is 506 g/mol. The van der Waals surface area contributed by atoms with E-state index in [1.807, 2.05) is 12.1 Å². The van der Waals surface area contributed by atoms with Gasteiger partial charge < -0.3 is 25.2 Å². The molecule has 1 amide bonds. The van der Waals surface area contributed by atoms with Gasteiger partial charge in [-0.25, -0.2) is 4.98 Å². The molecule has 0 spiro atoms. The van der Waals surface area contributed by atoms with Crippen molar-refractivity contribution in [2.24, 2.45) is 7.05 Å². The van der Waals surface area contributed by atoms with Crippen LogP contribution < -0.4 is 16.2 Å². The number of aliphatic hydroxyl groups is 1. The minimum absolute atomic E-state index is 0.0446. The summed E-state index contributed by atoms with van der Waals surface area (Å²) in [6.45, 7) is 2.46. The van der Waals surface area contributed by atoms with E-state index in [-0.39, 0.29) is 17.5 Å². The predicted molar refractivity (Wildman–Crippen MR) is 137 cm³/mol. The van der Waals surface area contributed by atoms with Crippen molar-refractivity contribution in [1.29, 1.82) is 5.26 Å². The summed E-state index contributed by atoms with van der Waals surface area (Å²) in [5.74, 6) is 0.963. The Balaban J connectivity index is 1.20. The minimum atomic E-state index is -0.555. The lowest BCUT2D eigenvalue weighted by Crippen LogP contribution is -2.52. The highest BCUT2D eigenvalue weighted by Crippen LogP contribution is 2.29. The van der Waals surface area contributed by atoms with Crippen LogP contribution in [0.1, 0.15) is 23.2 Å². The second-order valence-corrected chi connectivity index (χ2v) is 10.1. The second-order valence-electron chi connectivity index (χ2n) is 9.11. The van der Waals surface area contributed by atoms with Gasteiger partial charge in [-0.1, -0.05) is 0 Å². The Bertz CT molecular complexity index is 1420. The third-order valence-electron chi connectivity index (χ3n) is 6.78. The van der Waals surface area contributed by atoms with Crippen LogP contribution in [0.25, 0.3) is 11.0 Å². The Kier molecular flexibility index (Phi) is 7.02. The third-order valence-corrected chi connectivity index (χ3v) is 7.83. The normalized spacial score (nSPS) is 20.1. The number of anilines is 1. The first-order valence-electron chi connectivity index (χ1n) is 11.9. The number of hydrogen-bond donors (Lipinski definition) is 3. The standard InChI is InChI=1S/C25H27N7O3S/c1-31-23(35)5-3-19-24(31)17(15(10-26)11-27-19)6-8-32-9-7-18(20(33)13-32)28-12-16-2-4-21-25(29-16)30-22(34)14-36-21/h2-5,11,18,20,28,33H,6-9,12-14H2,1H3,(H,29,30,34)/t18-,20+/m0/s1. The Labute approximate surface area is 212 Å². The number of nitrogens with zero attached hydrogens (tertiary/aromatic N) is 5. The van der Waals surface area contributed by atoms with Crippen LogP contribution in [0.2, 0.25) is 0 Å². The molecule has 2 aliphatic rings. The fourth-order valence-electron chi connectivity index (χ4n) is 4.82. The molecular weight excluding hydrogens is 478 g/mol. The summed E-state index contributed by atoms with van der Waals surface area (Å²) in [6.07, 6.45) is 2.35. The van der Waals surface area contributed by atoms with Crippen LogP contribution in [-0.4, -0.2) is 68.0 Å². The lowest BCUT2D eigenvalue weighted by molar-refractivity contribution is -0.113. The fraction of sp³-hybridized carbons (Fsp3) is 0.400. The van der Waals surface area contributed by atoms with Crippen LogP contribution in [0.4, 0.5) is 5.82 Å². The van der Waals surface area contributed by atoms with Gasteiger partial charge in [0.2, 0.25) is 5.91 Å². The number of rotatable bonds is 6. The van der Waals surface area contributed by atoms with Gasteiger partial charge in [0.1, 0.15) is 11.9 Å². The number of amides is 1. The van der Waals surface area contributed by atoms with E-state index in [0.717, 1.165) is 29.1 Å². The maximum Gasteiger partial charge on any atom is 0.250 e. The number of β-amino-alcohol motifs (C(OH)–C–C–N with tert-alkyl or cyclic N) is 1. The Morgan fingerprint density at radius 1 is 1.31 bits per heavy atom. The number of nitrogens with one attached hydrogen (secondary N) is 2. The lowest BCUT2D eigenvalue weighted by atomic mass is 10.00. The van der Waals surface area contributed by atoms with Crippen molar-refractivity contribution in [2.45, 2.75) is 36.4 Å². The first kappa shape index (κ1) is 24.4. The van der Waals surface area contributed by atoms with Crippen LogP contribution in [-0.2, 0) is 24.8 Å². The smallest absolute Gasteiger partial charge is 0.250 e. The molecule has 10 nitrogen and oxygen atoms in total. The molecule has 0 radical (unpaired) electrons. The van der Waals surface area contributed by atoms with Gasteiger partial charge in [-0.2, -0.15) is 5.26 Å². The number of aliphatic hydroxyl groups excluding tert-OH is 1. The number of thioether (sulfide) groups is 1. The van der Waals surface area contributed by atoms with Crippen molar-refractivity contribution in [2.75, 3.05) is 30.7 Å². The molecule has 0 aliphatic carbocycles. The summed E-state index contributed by atoms with van der Waals surface area (Å²) >= 11 is 1.48. The average Bonchev–Trinajstić information content (AvgIpc) is 2.88. The molecule has 5 rings (SSSR count). The first-order valence-corrected chi connectivity index (χ1v) is 12.9. The van der Waals surface area contributed by atoms with Crippen molar-refractivity contribution in [3.05, 3.63) is 57.6 Å². The van der Waals surface area contributed by atoms with Gasteiger partial charge in [0.05, 0.1) is 39.0 Å². The number of aryl methyl sites for hydroxylation is 1. The third kappa shape index (κ3) is 4.99. The Hall–Kier alpha value is -3.30. The van der Waals surface area contributed by atoms with E-state index in [0.29, 0.717) is 54.2 Å². The van der Waals surface area contributed by atoms with E-state index in [9.17, 15) is 20.0 Å². The molecule has 5 heterocycles. The molecule has 2 aliphatic heterocycles. The number of likely N-dealkylation sites (tertiary alicyclic amines) is 1. The molecule has 1 saturated heterocycles. The monoisotopic (exact) mass is 505 g/mol. The summed E-state index contributed by atoms with van der Waals surface area (Å²) < 4.78 is 1.54. The van der Waals surface area contributed by atoms with Crippen molar-refractivity contribution in [3.8, 4) is 6.07 Å².